The highest BCUT2D eigenvalue weighted by Gasteiger charge is 2.30. The van der Waals surface area contributed by atoms with E-state index in [0.717, 1.165) is 6.20 Å². The molecule has 3 rings (SSSR count). The summed E-state index contributed by atoms with van der Waals surface area (Å²) in [5, 5.41) is 2.35. The molecule has 22 heavy (non-hydrogen) atoms. The van der Waals surface area contributed by atoms with Gasteiger partial charge in [-0.05, 0) is 12.1 Å². The van der Waals surface area contributed by atoms with E-state index < -0.39 is 29.3 Å². The average molecular weight is 304 g/mol. The number of carbonyl (C=O) groups excluding carboxylic acids is 2. The monoisotopic (exact) mass is 304 g/mol. The maximum Gasteiger partial charge on any atom is 0.273 e. The van der Waals surface area contributed by atoms with Crippen LogP contribution in [-0.2, 0) is 0 Å². The van der Waals surface area contributed by atoms with E-state index in [-0.39, 0.29) is 12.4 Å². The third-order valence-electron chi connectivity index (χ3n) is 3.20. The zero-order valence-corrected chi connectivity index (χ0v) is 11.2. The van der Waals surface area contributed by atoms with Crippen molar-refractivity contribution in [3.63, 3.8) is 0 Å². The van der Waals surface area contributed by atoms with Crippen LogP contribution in [0.15, 0.2) is 36.5 Å². The molecule has 2 heterocycles. The molecule has 1 aliphatic rings. The Labute approximate surface area is 123 Å². The number of amides is 1. The molecule has 2 aromatic rings. The number of rotatable bonds is 2. The minimum absolute atomic E-state index is 0.0651. The van der Waals surface area contributed by atoms with Crippen molar-refractivity contribution < 1.29 is 23.1 Å². The number of halogens is 2. The summed E-state index contributed by atoms with van der Waals surface area (Å²) in [4.78, 5) is 27.6. The normalized spacial score (nSPS) is 16.6. The third-order valence-corrected chi connectivity index (χ3v) is 3.20. The number of benzene rings is 1. The molecule has 0 spiro atoms. The quantitative estimate of drug-likeness (QED) is 0.917. The lowest BCUT2D eigenvalue weighted by Crippen LogP contribution is -2.47. The van der Waals surface area contributed by atoms with E-state index in [1.165, 1.54) is 0 Å². The van der Waals surface area contributed by atoms with Gasteiger partial charge in [-0.1, -0.05) is 12.1 Å². The first-order valence-electron chi connectivity index (χ1n) is 6.44. The molecule has 1 aromatic heterocycles. The number of Topliss-reactive ketones (excluding diaryl/α,β-unsaturated/α-hetero) is 1. The molecule has 5 nitrogen and oxygen atoms in total. The zero-order valence-electron chi connectivity index (χ0n) is 11.2. The minimum atomic E-state index is -1.10. The second-order valence-electron chi connectivity index (χ2n) is 4.68. The standard InChI is InChI=1S/C15H10F2N2O3/c16-8-5-10(17)13(18-6-8)15(21)19-11-7-22-12-4-2-1-3-9(12)14(11)20/h1-6,11H,7H2,(H,19,21)/t11-/m0/s1. The lowest BCUT2D eigenvalue weighted by atomic mass is 10.0. The van der Waals surface area contributed by atoms with Gasteiger partial charge in [-0.2, -0.15) is 0 Å². The molecule has 0 aliphatic carbocycles. The largest absolute Gasteiger partial charge is 0.490 e. The van der Waals surface area contributed by atoms with Crippen molar-refractivity contribution in [2.75, 3.05) is 6.61 Å². The maximum absolute atomic E-state index is 13.5. The Morgan fingerprint density at radius 2 is 2.09 bits per heavy atom. The Morgan fingerprint density at radius 1 is 1.32 bits per heavy atom. The van der Waals surface area contributed by atoms with Gasteiger partial charge in [0.1, 0.15) is 24.2 Å². The molecule has 0 unspecified atom stereocenters. The molecule has 0 radical (unpaired) electrons. The van der Waals surface area contributed by atoms with E-state index in [4.69, 9.17) is 4.74 Å². The van der Waals surface area contributed by atoms with E-state index in [0.29, 0.717) is 17.4 Å². The van der Waals surface area contributed by atoms with Gasteiger partial charge in [0.05, 0.1) is 11.8 Å². The van der Waals surface area contributed by atoms with Crippen LogP contribution < -0.4 is 10.1 Å². The third kappa shape index (κ3) is 2.52. The van der Waals surface area contributed by atoms with Crippen molar-refractivity contribution in [3.8, 4) is 5.75 Å². The van der Waals surface area contributed by atoms with Gasteiger partial charge < -0.3 is 10.1 Å². The first-order chi connectivity index (χ1) is 10.6. The van der Waals surface area contributed by atoms with Crippen LogP contribution in [0.25, 0.3) is 0 Å². The van der Waals surface area contributed by atoms with Gasteiger partial charge in [-0.25, -0.2) is 13.8 Å². The number of para-hydroxylation sites is 1. The molecule has 0 fully saturated rings. The minimum Gasteiger partial charge on any atom is -0.490 e. The number of ketones is 1. The number of carbonyl (C=O) groups is 2. The fraction of sp³-hybridized carbons (Fsp3) is 0.133. The van der Waals surface area contributed by atoms with Gasteiger partial charge in [0, 0.05) is 6.07 Å². The summed E-state index contributed by atoms with van der Waals surface area (Å²) in [6.45, 7) is -0.0651. The smallest absolute Gasteiger partial charge is 0.273 e. The SMILES string of the molecule is O=C(N[C@H]1COc2ccccc2C1=O)c1ncc(F)cc1F. The lowest BCUT2D eigenvalue weighted by molar-refractivity contribution is 0.0790. The fourth-order valence-corrected chi connectivity index (χ4v) is 2.15. The molecule has 1 aliphatic heterocycles. The van der Waals surface area contributed by atoms with E-state index >= 15 is 0 Å². The zero-order chi connectivity index (χ0) is 15.7. The second-order valence-corrected chi connectivity index (χ2v) is 4.68. The van der Waals surface area contributed by atoms with Crippen LogP contribution in [0.3, 0.4) is 0 Å². The summed E-state index contributed by atoms with van der Waals surface area (Å²) in [7, 11) is 0. The van der Waals surface area contributed by atoms with Crippen molar-refractivity contribution in [3.05, 3.63) is 59.4 Å². The summed E-state index contributed by atoms with van der Waals surface area (Å²) in [5.41, 5.74) is -0.236. The van der Waals surface area contributed by atoms with Gasteiger partial charge >= 0.3 is 0 Å². The summed E-state index contributed by atoms with van der Waals surface area (Å²) in [6, 6.07) is 6.22. The van der Waals surface area contributed by atoms with Crippen LogP contribution in [0.4, 0.5) is 8.78 Å². The molecule has 1 N–H and O–H groups in total. The number of pyridine rings is 1. The van der Waals surface area contributed by atoms with E-state index in [1.54, 1.807) is 24.3 Å². The number of hydrogen-bond acceptors (Lipinski definition) is 4. The fourth-order valence-electron chi connectivity index (χ4n) is 2.15. The first kappa shape index (κ1) is 14.1. The molecule has 1 atom stereocenters. The number of nitrogens with zero attached hydrogens (tertiary/aromatic N) is 1. The van der Waals surface area contributed by atoms with Crippen LogP contribution in [0.5, 0.6) is 5.75 Å². The number of hydrogen-bond donors (Lipinski definition) is 1. The topological polar surface area (TPSA) is 68.3 Å². The molecule has 112 valence electrons. The second kappa shape index (κ2) is 5.51. The van der Waals surface area contributed by atoms with Crippen molar-refractivity contribution in [2.45, 2.75) is 6.04 Å². The van der Waals surface area contributed by atoms with Crippen LogP contribution in [0.2, 0.25) is 0 Å². The summed E-state index contributed by atoms with van der Waals surface area (Å²) < 4.78 is 31.7. The summed E-state index contributed by atoms with van der Waals surface area (Å²) >= 11 is 0. The number of ether oxygens (including phenoxy) is 1. The Balaban J connectivity index is 1.79. The Hall–Kier alpha value is -2.83. The highest BCUT2D eigenvalue weighted by Crippen LogP contribution is 2.24. The van der Waals surface area contributed by atoms with E-state index in [1.807, 2.05) is 0 Å². The summed E-state index contributed by atoms with van der Waals surface area (Å²) in [5.74, 6) is -2.79. The Bertz CT molecular complexity index is 764. The van der Waals surface area contributed by atoms with Crippen molar-refractivity contribution in [1.29, 1.82) is 0 Å². The van der Waals surface area contributed by atoms with E-state index in [9.17, 15) is 18.4 Å². The van der Waals surface area contributed by atoms with Crippen molar-refractivity contribution in [2.24, 2.45) is 0 Å². The molecule has 1 aromatic carbocycles. The molecule has 1 amide bonds. The Kier molecular flexibility index (Phi) is 3.54. The van der Waals surface area contributed by atoms with Crippen LogP contribution in [0, 0.1) is 11.6 Å². The average Bonchev–Trinajstić information content (AvgIpc) is 2.50. The molecular weight excluding hydrogens is 294 g/mol. The van der Waals surface area contributed by atoms with Crippen LogP contribution >= 0.6 is 0 Å². The van der Waals surface area contributed by atoms with Crippen LogP contribution in [-0.4, -0.2) is 29.3 Å². The Morgan fingerprint density at radius 3 is 2.86 bits per heavy atom. The molecule has 0 saturated carbocycles. The highest BCUT2D eigenvalue weighted by molar-refractivity contribution is 6.06. The predicted octanol–water partition coefficient (Wildman–Crippen LogP) is 1.73. The van der Waals surface area contributed by atoms with Crippen molar-refractivity contribution in [1.82, 2.24) is 10.3 Å². The highest BCUT2D eigenvalue weighted by atomic mass is 19.1. The number of nitrogens with one attached hydrogen (secondary N) is 1. The number of fused-ring (bicyclic) bond motifs is 1. The molecular formula is C15H10F2N2O3. The molecule has 0 saturated heterocycles. The van der Waals surface area contributed by atoms with Gasteiger partial charge in [0.25, 0.3) is 5.91 Å². The van der Waals surface area contributed by atoms with E-state index in [2.05, 4.69) is 10.3 Å². The number of aromatic nitrogens is 1. The molecule has 7 heteroatoms. The van der Waals surface area contributed by atoms with Gasteiger partial charge in [-0.15, -0.1) is 0 Å². The van der Waals surface area contributed by atoms with Gasteiger partial charge in [0.15, 0.2) is 17.3 Å². The predicted molar refractivity (Wildman–Crippen MR) is 71.7 cm³/mol. The van der Waals surface area contributed by atoms with Gasteiger partial charge in [0.2, 0.25) is 0 Å². The maximum atomic E-state index is 13.5. The first-order valence-corrected chi connectivity index (χ1v) is 6.44. The van der Waals surface area contributed by atoms with Gasteiger partial charge in [-0.3, -0.25) is 9.59 Å². The lowest BCUT2D eigenvalue weighted by Gasteiger charge is -2.24. The van der Waals surface area contributed by atoms with Crippen LogP contribution in [0.1, 0.15) is 20.8 Å². The van der Waals surface area contributed by atoms with Crippen molar-refractivity contribution >= 4 is 11.7 Å². The summed E-state index contributed by atoms with van der Waals surface area (Å²) in [6.07, 6.45) is 0.729. The molecule has 0 bridgehead atoms.